The van der Waals surface area contributed by atoms with Crippen LogP contribution in [0.2, 0.25) is 0 Å². The van der Waals surface area contributed by atoms with Gasteiger partial charge in [-0.1, -0.05) is 12.8 Å². The van der Waals surface area contributed by atoms with Crippen LogP contribution in [0.4, 0.5) is 0 Å². The Labute approximate surface area is 114 Å². The molecule has 1 heterocycles. The van der Waals surface area contributed by atoms with Crippen LogP contribution < -0.4 is 10.0 Å². The van der Waals surface area contributed by atoms with Crippen LogP contribution in [0.1, 0.15) is 44.0 Å². The van der Waals surface area contributed by atoms with Gasteiger partial charge in [-0.3, -0.25) is 5.10 Å². The number of aryl methyl sites for hydroxylation is 1. The summed E-state index contributed by atoms with van der Waals surface area (Å²) in [6, 6.07) is 0. The largest absolute Gasteiger partial charge is 0.314 e. The first-order valence-electron chi connectivity index (χ1n) is 6.60. The lowest BCUT2D eigenvalue weighted by Gasteiger charge is -2.25. The van der Waals surface area contributed by atoms with Crippen LogP contribution in [-0.2, 0) is 16.6 Å². The molecule has 108 valence electrons. The van der Waals surface area contributed by atoms with Crippen molar-refractivity contribution in [3.05, 3.63) is 11.4 Å². The monoisotopic (exact) mass is 286 g/mol. The van der Waals surface area contributed by atoms with Gasteiger partial charge in [-0.05, 0) is 33.7 Å². The van der Waals surface area contributed by atoms with Crippen LogP contribution in [0.15, 0.2) is 4.90 Å². The van der Waals surface area contributed by atoms with Gasteiger partial charge in [0, 0.05) is 12.1 Å². The summed E-state index contributed by atoms with van der Waals surface area (Å²) >= 11 is 0. The number of aromatic amines is 1. The molecule has 0 spiro atoms. The summed E-state index contributed by atoms with van der Waals surface area (Å²) in [5, 5.41) is 9.76. The van der Waals surface area contributed by atoms with Gasteiger partial charge >= 0.3 is 0 Å². The van der Waals surface area contributed by atoms with Crippen molar-refractivity contribution in [1.82, 2.24) is 20.2 Å². The van der Waals surface area contributed by atoms with Gasteiger partial charge in [0.1, 0.15) is 4.90 Å². The van der Waals surface area contributed by atoms with Gasteiger partial charge in [-0.15, -0.1) is 0 Å². The fraction of sp³-hybridized carbons (Fsp3) is 0.750. The van der Waals surface area contributed by atoms with Crippen LogP contribution in [0.3, 0.4) is 0 Å². The highest BCUT2D eigenvalue weighted by atomic mass is 32.2. The van der Waals surface area contributed by atoms with E-state index in [1.54, 1.807) is 14.0 Å². The van der Waals surface area contributed by atoms with E-state index < -0.39 is 10.0 Å². The molecule has 19 heavy (non-hydrogen) atoms. The Morgan fingerprint density at radius 1 is 1.37 bits per heavy atom. The smallest absolute Gasteiger partial charge is 0.244 e. The number of nitrogens with zero attached hydrogens (tertiary/aromatic N) is 1. The van der Waals surface area contributed by atoms with Gasteiger partial charge in [-0.2, -0.15) is 5.10 Å². The first kappa shape index (κ1) is 14.5. The van der Waals surface area contributed by atoms with Crippen molar-refractivity contribution in [2.24, 2.45) is 0 Å². The number of H-pyrrole nitrogens is 1. The Morgan fingerprint density at radius 3 is 2.58 bits per heavy atom. The third kappa shape index (κ3) is 2.98. The lowest BCUT2D eigenvalue weighted by Crippen LogP contribution is -2.43. The Hall–Kier alpha value is -0.920. The molecule has 0 radical (unpaired) electrons. The summed E-state index contributed by atoms with van der Waals surface area (Å²) in [5.74, 6) is 0. The lowest BCUT2D eigenvalue weighted by atomic mass is 10.0. The van der Waals surface area contributed by atoms with Crippen molar-refractivity contribution < 1.29 is 8.42 Å². The third-order valence-electron chi connectivity index (χ3n) is 3.66. The fourth-order valence-electron chi connectivity index (χ4n) is 2.75. The molecule has 1 fully saturated rings. The van der Waals surface area contributed by atoms with E-state index in [4.69, 9.17) is 0 Å². The minimum Gasteiger partial charge on any atom is -0.314 e. The summed E-state index contributed by atoms with van der Waals surface area (Å²) in [4.78, 5) is 0.287. The normalized spacial score (nSPS) is 18.9. The molecule has 1 aliphatic rings. The summed E-state index contributed by atoms with van der Waals surface area (Å²) < 4.78 is 28.0. The van der Waals surface area contributed by atoms with Crippen molar-refractivity contribution in [2.75, 3.05) is 7.05 Å². The van der Waals surface area contributed by atoms with Crippen molar-refractivity contribution in [3.63, 3.8) is 0 Å². The molecule has 0 aromatic carbocycles. The summed E-state index contributed by atoms with van der Waals surface area (Å²) in [6.45, 7) is 4.14. The molecule has 0 amide bonds. The topological polar surface area (TPSA) is 86.9 Å². The molecule has 0 atom stereocenters. The summed E-state index contributed by atoms with van der Waals surface area (Å²) in [7, 11) is -1.76. The van der Waals surface area contributed by atoms with E-state index in [9.17, 15) is 8.42 Å². The van der Waals surface area contributed by atoms with Gasteiger partial charge in [0.05, 0.1) is 11.4 Å². The zero-order valence-electron chi connectivity index (χ0n) is 11.7. The number of hydrogen-bond acceptors (Lipinski definition) is 4. The molecular weight excluding hydrogens is 264 g/mol. The molecule has 0 saturated heterocycles. The Bertz CT molecular complexity index is 544. The molecule has 6 nitrogen and oxygen atoms in total. The Morgan fingerprint density at radius 2 is 2.00 bits per heavy atom. The van der Waals surface area contributed by atoms with E-state index in [-0.39, 0.29) is 10.4 Å². The molecule has 1 aromatic heterocycles. The van der Waals surface area contributed by atoms with Crippen LogP contribution in [0.5, 0.6) is 0 Å². The zero-order valence-corrected chi connectivity index (χ0v) is 12.5. The number of aromatic nitrogens is 2. The second-order valence-electron chi connectivity index (χ2n) is 5.53. The molecular formula is C12H22N4O2S. The number of nitrogens with one attached hydrogen (secondary N) is 3. The average molecular weight is 286 g/mol. The van der Waals surface area contributed by atoms with E-state index in [1.807, 2.05) is 6.92 Å². The summed E-state index contributed by atoms with van der Waals surface area (Å²) in [6.07, 6.45) is 3.94. The van der Waals surface area contributed by atoms with Crippen LogP contribution in [0.25, 0.3) is 0 Å². The minimum absolute atomic E-state index is 0.287. The van der Waals surface area contributed by atoms with Crippen molar-refractivity contribution >= 4 is 10.0 Å². The zero-order chi connectivity index (χ0) is 14.1. The minimum atomic E-state index is -3.53. The second kappa shape index (κ2) is 5.22. The molecule has 2 rings (SSSR count). The van der Waals surface area contributed by atoms with E-state index in [2.05, 4.69) is 20.2 Å². The van der Waals surface area contributed by atoms with Gasteiger partial charge in [0.15, 0.2) is 0 Å². The van der Waals surface area contributed by atoms with Gasteiger partial charge in [-0.25, -0.2) is 13.1 Å². The summed E-state index contributed by atoms with van der Waals surface area (Å²) in [5.41, 5.74) is 0.799. The van der Waals surface area contributed by atoms with E-state index in [1.165, 1.54) is 0 Å². The van der Waals surface area contributed by atoms with Crippen LogP contribution in [-0.4, -0.2) is 31.2 Å². The third-order valence-corrected chi connectivity index (χ3v) is 5.50. The average Bonchev–Trinajstić information content (AvgIpc) is 2.86. The first-order chi connectivity index (χ1) is 8.88. The standard InChI is InChI=1S/C12H22N4O2S/c1-9-11(10(8-13-3)15-14-9)19(17,18)16-12(2)6-4-5-7-12/h13,16H,4-8H2,1-3H3,(H,14,15). The van der Waals surface area contributed by atoms with Crippen LogP contribution in [0, 0.1) is 6.92 Å². The molecule has 0 unspecified atom stereocenters. The van der Waals surface area contributed by atoms with E-state index in [0.717, 1.165) is 25.7 Å². The molecule has 0 aliphatic heterocycles. The van der Waals surface area contributed by atoms with Gasteiger partial charge in [0.2, 0.25) is 10.0 Å². The first-order valence-corrected chi connectivity index (χ1v) is 8.09. The maximum absolute atomic E-state index is 12.6. The quantitative estimate of drug-likeness (QED) is 0.755. The highest BCUT2D eigenvalue weighted by Crippen LogP contribution is 2.31. The van der Waals surface area contributed by atoms with E-state index in [0.29, 0.717) is 17.9 Å². The van der Waals surface area contributed by atoms with Gasteiger partial charge < -0.3 is 5.32 Å². The molecule has 1 saturated carbocycles. The molecule has 0 bridgehead atoms. The molecule has 1 aromatic rings. The number of sulfonamides is 1. The maximum atomic E-state index is 12.6. The fourth-order valence-corrected chi connectivity index (χ4v) is 4.58. The second-order valence-corrected chi connectivity index (χ2v) is 7.15. The van der Waals surface area contributed by atoms with Crippen LogP contribution >= 0.6 is 0 Å². The molecule has 7 heteroatoms. The predicted molar refractivity (Wildman–Crippen MR) is 73.3 cm³/mol. The van der Waals surface area contributed by atoms with Crippen molar-refractivity contribution in [2.45, 2.75) is 56.5 Å². The Kier molecular flexibility index (Phi) is 3.98. The van der Waals surface area contributed by atoms with Gasteiger partial charge in [0.25, 0.3) is 0 Å². The lowest BCUT2D eigenvalue weighted by molar-refractivity contribution is 0.427. The Balaban J connectivity index is 2.31. The van der Waals surface area contributed by atoms with E-state index >= 15 is 0 Å². The highest BCUT2D eigenvalue weighted by molar-refractivity contribution is 7.89. The molecule has 3 N–H and O–H groups in total. The number of rotatable bonds is 5. The highest BCUT2D eigenvalue weighted by Gasteiger charge is 2.35. The van der Waals surface area contributed by atoms with Crippen molar-refractivity contribution in [1.29, 1.82) is 0 Å². The predicted octanol–water partition coefficient (Wildman–Crippen LogP) is 1.05. The molecule has 1 aliphatic carbocycles. The van der Waals surface area contributed by atoms with Crippen molar-refractivity contribution in [3.8, 4) is 0 Å². The SMILES string of the molecule is CNCc1n[nH]c(C)c1S(=O)(=O)NC1(C)CCCC1. The maximum Gasteiger partial charge on any atom is 0.244 e. The number of hydrogen-bond donors (Lipinski definition) is 3.